The highest BCUT2D eigenvalue weighted by Crippen LogP contribution is 2.47. The van der Waals surface area contributed by atoms with E-state index in [4.69, 9.17) is 9.31 Å². The molecule has 7 nitrogen and oxygen atoms in total. The normalized spacial score (nSPS) is 12.6. The van der Waals surface area contributed by atoms with Crippen molar-refractivity contribution < 1.29 is 10.7 Å². The Labute approximate surface area is 784 Å². The molecule has 0 saturated carbocycles. The third kappa shape index (κ3) is 16.5. The Morgan fingerprint density at radius 3 is 0.794 bits per heavy atom. The minimum absolute atomic E-state index is 0. The molecule has 0 bridgehead atoms. The second-order valence-electron chi connectivity index (χ2n) is 34.0. The van der Waals surface area contributed by atoms with Gasteiger partial charge in [-0.2, -0.15) is 0 Å². The molecule has 0 amide bonds. The largest absolute Gasteiger partial charge is 0.495 e. The van der Waals surface area contributed by atoms with Gasteiger partial charge in [-0.15, -0.1) is 0 Å². The van der Waals surface area contributed by atoms with Gasteiger partial charge in [-0.25, -0.2) is 0 Å². The first-order valence-corrected chi connectivity index (χ1v) is 45.8. The Bertz CT molecular complexity index is 7570. The van der Waals surface area contributed by atoms with Crippen molar-refractivity contribution in [2.24, 2.45) is 0 Å². The predicted molar refractivity (Wildman–Crippen MR) is 564 cm³/mol. The third-order valence-corrected chi connectivity index (χ3v) is 26.6. The number of rotatable bonds is 16. The number of halogens is 2. The molecular formula is C121H96BBr2N5O2. The molecule has 0 unspecified atom stereocenters. The van der Waals surface area contributed by atoms with Crippen LogP contribution in [0.25, 0.3) is 149 Å². The van der Waals surface area contributed by atoms with Crippen LogP contribution < -0.4 is 15.3 Å². The summed E-state index contributed by atoms with van der Waals surface area (Å²) in [5.74, 6) is 0. The lowest BCUT2D eigenvalue weighted by atomic mass is 9.76. The first-order valence-electron chi connectivity index (χ1n) is 44.2. The van der Waals surface area contributed by atoms with Crippen LogP contribution in [0.1, 0.15) is 36.5 Å². The zero-order chi connectivity index (χ0) is 87.8. The maximum atomic E-state index is 6.39. The van der Waals surface area contributed by atoms with Gasteiger partial charge in [0.2, 0.25) is 0 Å². The summed E-state index contributed by atoms with van der Waals surface area (Å²) < 4.78 is 22.0. The molecule has 1 saturated heterocycles. The number of para-hydroxylation sites is 6. The zero-order valence-electron chi connectivity index (χ0n) is 72.4. The number of benzene rings is 19. The van der Waals surface area contributed by atoms with Crippen molar-refractivity contribution in [3.63, 3.8) is 0 Å². The van der Waals surface area contributed by atoms with Gasteiger partial charge in [-0.3, -0.25) is 0 Å². The average Bonchev–Trinajstić information content (AvgIpc) is 1.61. The molecule has 22 aromatic rings. The van der Waals surface area contributed by atoms with Gasteiger partial charge >= 0.3 is 7.12 Å². The molecule has 0 spiro atoms. The molecule has 0 radical (unpaired) electrons. The van der Waals surface area contributed by atoms with Crippen LogP contribution in [0.15, 0.2) is 482 Å². The highest BCUT2D eigenvalue weighted by atomic mass is 79.9. The molecule has 1 aliphatic heterocycles. The fraction of sp³-hybridized carbons (Fsp3) is 0.0579. The number of fused-ring (bicyclic) bond motifs is 9. The summed E-state index contributed by atoms with van der Waals surface area (Å²) in [4.78, 5) is 4.64. The summed E-state index contributed by atoms with van der Waals surface area (Å²) >= 11 is 7.10. The summed E-state index contributed by atoms with van der Waals surface area (Å²) in [7, 11) is -0.385. The van der Waals surface area contributed by atoms with Crippen LogP contribution in [0.2, 0.25) is 0 Å². The first kappa shape index (κ1) is 84.3. The molecule has 0 aliphatic carbocycles. The zero-order valence-corrected chi connectivity index (χ0v) is 75.6. The number of nitrogens with zero attached hydrogens (tertiary/aromatic N) is 5. The van der Waals surface area contributed by atoms with Gasteiger partial charge in [0.15, 0.2) is 0 Å². The maximum absolute atomic E-state index is 6.39. The van der Waals surface area contributed by atoms with E-state index < -0.39 is 0 Å². The van der Waals surface area contributed by atoms with E-state index in [1.54, 1.807) is 0 Å². The van der Waals surface area contributed by atoms with Gasteiger partial charge in [-0.1, -0.05) is 330 Å². The minimum atomic E-state index is -0.385. The number of hydrogen-bond donors (Lipinski definition) is 0. The summed E-state index contributed by atoms with van der Waals surface area (Å²) in [6.45, 7) is 8.39. The highest BCUT2D eigenvalue weighted by molar-refractivity contribution is 9.10. The van der Waals surface area contributed by atoms with E-state index in [0.717, 1.165) is 65.6 Å². The van der Waals surface area contributed by atoms with Crippen LogP contribution >= 0.6 is 31.9 Å². The molecule has 3 aromatic heterocycles. The van der Waals surface area contributed by atoms with Crippen molar-refractivity contribution in [1.82, 2.24) is 13.7 Å². The standard InChI is InChI=1S/C66H45N3.C30H21Br2N.C24H24BNO2.CH4.H2/c1-4-17-46(18-5-1)50-19-14-20-51(45-50)47-33-39-54(40-34-47)67(55-41-35-48(36-42-55)57-27-15-31-63-65(57)59-25-10-12-29-61(59)68(63)52-21-6-2-7-22-52)56-43-37-49(38-44-56)58-28-16-32-64-66(58)60-26-11-13-30-62(60)69(64)53-23-8-3-9-24-53;31-26-11-17-29(18-12-26)33(30-19-13-27(32)14-20-30)28-15-9-23(10-16-28)25-8-4-7-24(21-25)22-5-2-1-3-6-22;1-23(2)24(3,4)28-25(27-23)19-14-10-16-21-22(19)18-13-8-9-15-20(18)26(21)17-11-6-5-7-12-17;;/h1-45H;1-21H;5-16H,1-4H3;1H4;1H. The van der Waals surface area contributed by atoms with Gasteiger partial charge in [-0.05, 0) is 282 Å². The molecule has 0 N–H and O–H groups in total. The number of hydrogen-bond acceptors (Lipinski definition) is 4. The second-order valence-corrected chi connectivity index (χ2v) is 35.8. The van der Waals surface area contributed by atoms with Crippen LogP contribution in [0.4, 0.5) is 34.1 Å². The predicted octanol–water partition coefficient (Wildman–Crippen LogP) is 34.0. The molecule has 1 aliphatic rings. The van der Waals surface area contributed by atoms with E-state index in [1.807, 2.05) is 6.07 Å². The van der Waals surface area contributed by atoms with Crippen molar-refractivity contribution >= 4 is 144 Å². The van der Waals surface area contributed by atoms with Crippen molar-refractivity contribution in [3.8, 4) is 83.8 Å². The summed E-state index contributed by atoms with van der Waals surface area (Å²) in [5, 5.41) is 7.41. The average molecular weight is 1820 g/mol. The summed E-state index contributed by atoms with van der Waals surface area (Å²) in [6, 6.07) is 169. The molecule has 19 aromatic carbocycles. The Balaban J connectivity index is 0.000000148. The van der Waals surface area contributed by atoms with E-state index in [2.05, 4.69) is 550 Å². The fourth-order valence-corrected chi connectivity index (χ4v) is 19.1. The number of aromatic nitrogens is 3. The van der Waals surface area contributed by atoms with Crippen molar-refractivity contribution in [3.05, 3.63) is 482 Å². The molecular weight excluding hydrogens is 1730 g/mol. The Morgan fingerprint density at radius 2 is 0.466 bits per heavy atom. The minimum Gasteiger partial charge on any atom is -0.399 e. The molecule has 634 valence electrons. The second kappa shape index (κ2) is 36.3. The quantitative estimate of drug-likeness (QED) is 0.0904. The summed E-state index contributed by atoms with van der Waals surface area (Å²) in [5.41, 5.74) is 32.0. The van der Waals surface area contributed by atoms with Gasteiger partial charge in [0, 0.05) is 93.9 Å². The Hall–Kier alpha value is -14.9. The summed E-state index contributed by atoms with van der Waals surface area (Å²) in [6.07, 6.45) is 0. The van der Waals surface area contributed by atoms with E-state index >= 15 is 0 Å². The van der Waals surface area contributed by atoms with Crippen LogP contribution in [-0.2, 0) is 9.31 Å². The van der Waals surface area contributed by atoms with Crippen molar-refractivity contribution in [2.45, 2.75) is 46.3 Å². The van der Waals surface area contributed by atoms with Crippen LogP contribution in [0.3, 0.4) is 0 Å². The van der Waals surface area contributed by atoms with Crippen molar-refractivity contribution in [1.29, 1.82) is 0 Å². The molecule has 0 atom stereocenters. The third-order valence-electron chi connectivity index (χ3n) is 25.6. The van der Waals surface area contributed by atoms with Gasteiger partial charge in [0.1, 0.15) is 0 Å². The van der Waals surface area contributed by atoms with E-state index in [1.165, 1.54) is 132 Å². The molecule has 23 rings (SSSR count). The van der Waals surface area contributed by atoms with Gasteiger partial charge in [0.05, 0.1) is 44.3 Å². The maximum Gasteiger partial charge on any atom is 0.495 e. The van der Waals surface area contributed by atoms with Crippen LogP contribution in [-0.4, -0.2) is 32.0 Å². The van der Waals surface area contributed by atoms with Crippen molar-refractivity contribution in [2.75, 3.05) is 9.80 Å². The van der Waals surface area contributed by atoms with Crippen LogP contribution in [0, 0.1) is 0 Å². The van der Waals surface area contributed by atoms with Crippen LogP contribution in [0.5, 0.6) is 0 Å². The fourth-order valence-electron chi connectivity index (χ4n) is 18.6. The molecule has 4 heterocycles. The highest BCUT2D eigenvalue weighted by Gasteiger charge is 2.52. The lowest BCUT2D eigenvalue weighted by molar-refractivity contribution is 0.00578. The molecule has 131 heavy (non-hydrogen) atoms. The topological polar surface area (TPSA) is 39.7 Å². The Morgan fingerprint density at radius 1 is 0.229 bits per heavy atom. The van der Waals surface area contributed by atoms with E-state index in [0.29, 0.717) is 0 Å². The molecule has 10 heteroatoms. The lowest BCUT2D eigenvalue weighted by Crippen LogP contribution is -2.41. The smallest absolute Gasteiger partial charge is 0.399 e. The first-order chi connectivity index (χ1) is 63.8. The monoisotopic (exact) mass is 1820 g/mol. The lowest BCUT2D eigenvalue weighted by Gasteiger charge is -2.32. The van der Waals surface area contributed by atoms with Gasteiger partial charge < -0.3 is 32.8 Å². The number of anilines is 6. The van der Waals surface area contributed by atoms with E-state index in [-0.39, 0.29) is 27.2 Å². The van der Waals surface area contributed by atoms with Gasteiger partial charge in [0.25, 0.3) is 0 Å². The molecule has 1 fully saturated rings. The Kier molecular flexibility index (Phi) is 23.4. The SMILES string of the molecule is Brc1ccc(N(c2ccc(Br)cc2)c2ccc(-c3cccc(-c4ccccc4)c3)cc2)cc1.C.CC1(C)OB(c2cccc3c2c2ccccc2n3-c2ccccc2)OC1(C)C.[HH].c1ccc(-c2cccc(-c3ccc(N(c4ccc(-c5cccc6c5c5ccccc5n6-c5ccccc5)cc4)c4ccc(-c5cccc6c5c5ccccc5n6-c5ccccc5)cc4)cc3)c2)cc1. The van der Waals surface area contributed by atoms with E-state index in [9.17, 15) is 0 Å².